The molecule has 0 aliphatic carbocycles. The number of hydrogen-bond acceptors (Lipinski definition) is 11. The lowest BCUT2D eigenvalue weighted by Gasteiger charge is -2.26. The van der Waals surface area contributed by atoms with Crippen molar-refractivity contribution >= 4 is 57.8 Å². The van der Waals surface area contributed by atoms with Crippen LogP contribution in [0.25, 0.3) is 0 Å². The number of nitrogens with zero attached hydrogens (tertiary/aromatic N) is 2. The molecule has 6 N–H and O–H groups in total. The molecule has 20 heteroatoms. The van der Waals surface area contributed by atoms with Crippen molar-refractivity contribution in [2.75, 3.05) is 17.2 Å². The highest BCUT2D eigenvalue weighted by Gasteiger charge is 2.38. The van der Waals surface area contributed by atoms with Crippen molar-refractivity contribution in [1.29, 1.82) is 0 Å². The van der Waals surface area contributed by atoms with Crippen molar-refractivity contribution in [2.45, 2.75) is 78.3 Å². The van der Waals surface area contributed by atoms with Crippen LogP contribution < -0.4 is 27.0 Å². The molecule has 0 saturated carbocycles. The summed E-state index contributed by atoms with van der Waals surface area (Å²) >= 11 is 0.387. The number of Topliss-reactive ketones (excluding diaryl/α,β-unsaturated/α-hetero) is 1. The first-order valence-corrected chi connectivity index (χ1v) is 15.6. The molecule has 2 aromatic rings. The number of nitro benzene ring substituents is 1. The number of benzene rings is 1. The van der Waals surface area contributed by atoms with E-state index in [0.29, 0.717) is 11.3 Å². The topological polar surface area (TPSA) is 234 Å². The summed E-state index contributed by atoms with van der Waals surface area (Å²) in [6.07, 6.45) is -7.30. The number of aromatic nitrogens is 1. The zero-order valence-corrected chi connectivity index (χ0v) is 28.1. The van der Waals surface area contributed by atoms with E-state index in [0.717, 1.165) is 12.1 Å². The molecule has 49 heavy (non-hydrogen) atoms. The number of rotatable bonds is 15. The maximum Gasteiger partial charge on any atom is 0.434 e. The molecule has 0 unspecified atom stereocenters. The summed E-state index contributed by atoms with van der Waals surface area (Å²) < 4.78 is 51.6. The lowest BCUT2D eigenvalue weighted by Crippen LogP contribution is -2.47. The van der Waals surface area contributed by atoms with E-state index in [2.05, 4.69) is 26.3 Å². The zero-order valence-electron chi connectivity index (χ0n) is 27.3. The van der Waals surface area contributed by atoms with Crippen LogP contribution in [0, 0.1) is 22.0 Å². The molecule has 0 fully saturated rings. The Morgan fingerprint density at radius 3 is 2.20 bits per heavy atom. The highest BCUT2D eigenvalue weighted by atomic mass is 32.1. The predicted molar refractivity (Wildman–Crippen MR) is 171 cm³/mol. The smallest absolute Gasteiger partial charge is 0.434 e. The Hall–Kier alpha value is -5.01. The molecule has 0 aliphatic heterocycles. The van der Waals surface area contributed by atoms with Gasteiger partial charge in [0.05, 0.1) is 15.8 Å². The summed E-state index contributed by atoms with van der Waals surface area (Å²) in [4.78, 5) is 75.4. The first-order valence-electron chi connectivity index (χ1n) is 14.8. The van der Waals surface area contributed by atoms with E-state index in [-0.39, 0.29) is 30.8 Å². The second-order valence-corrected chi connectivity index (χ2v) is 13.0. The van der Waals surface area contributed by atoms with Crippen molar-refractivity contribution in [3.63, 3.8) is 0 Å². The van der Waals surface area contributed by atoms with Gasteiger partial charge < -0.3 is 31.2 Å². The largest absolute Gasteiger partial charge is 0.444 e. The Balaban J connectivity index is 2.21. The minimum Gasteiger partial charge on any atom is -0.444 e. The number of amides is 5. The first kappa shape index (κ1) is 40.2. The molecule has 5 amide bonds. The van der Waals surface area contributed by atoms with Crippen molar-refractivity contribution < 1.29 is 51.5 Å². The number of nitrogens with one attached hydrogen (secondary N) is 4. The number of thiazole rings is 1. The molecule has 0 radical (unpaired) electrons. The minimum atomic E-state index is -5.00. The third-order valence-electron chi connectivity index (χ3n) is 6.39. The number of halogens is 3. The number of urea groups is 1. The van der Waals surface area contributed by atoms with Gasteiger partial charge in [0.15, 0.2) is 16.6 Å². The van der Waals surface area contributed by atoms with Gasteiger partial charge in [-0.05, 0) is 51.7 Å². The molecule has 0 bridgehead atoms. The van der Waals surface area contributed by atoms with Crippen LogP contribution in [0.2, 0.25) is 0 Å². The average Bonchev–Trinajstić information content (AvgIpc) is 3.38. The van der Waals surface area contributed by atoms with Gasteiger partial charge in [0.2, 0.25) is 5.91 Å². The molecular weight excluding hydrogens is 679 g/mol. The molecule has 0 saturated heterocycles. The van der Waals surface area contributed by atoms with Crippen LogP contribution in [0.15, 0.2) is 24.3 Å². The summed E-state index contributed by atoms with van der Waals surface area (Å²) in [5.41, 5.74) is 2.63. The first-order chi connectivity index (χ1) is 22.7. The SMILES string of the molecule is CC(C)[C@@H](NC(=O)OC(C)(C)C)C(=O)C[C@H](CCCNC(N)=O)C(=O)Nc1nc(C(F)(F)F)c(COC(=O)Nc2ccc([N+](=O)[O-])cc2)s1. The monoisotopic (exact) mass is 717 g/mol. The quantitative estimate of drug-likeness (QED) is 0.0902. The Bertz CT molecular complexity index is 1510. The Labute approximate surface area is 282 Å². The van der Waals surface area contributed by atoms with Crippen LogP contribution in [-0.4, -0.2) is 58.0 Å². The van der Waals surface area contributed by atoms with Gasteiger partial charge >= 0.3 is 24.4 Å². The lowest BCUT2D eigenvalue weighted by atomic mass is 9.89. The number of hydrogen-bond donors (Lipinski definition) is 5. The van der Waals surface area contributed by atoms with Crippen LogP contribution in [0.5, 0.6) is 0 Å². The number of anilines is 2. The third kappa shape index (κ3) is 13.9. The number of alkyl carbamates (subject to hydrolysis) is 1. The van der Waals surface area contributed by atoms with Gasteiger partial charge in [-0.3, -0.25) is 25.0 Å². The molecule has 0 spiro atoms. The number of non-ortho nitro benzene ring substituents is 1. The number of nitro groups is 1. The Kier molecular flexibility index (Phi) is 14.3. The van der Waals surface area contributed by atoms with Crippen LogP contribution >= 0.6 is 11.3 Å². The standard InChI is InChI=1S/C29H38F3N7O9S/c1-15(2)21(36-27(44)48-28(3,4)5)19(40)13-16(7-6-12-34-24(33)42)23(41)38-25-37-22(29(30,31)32)20(49-25)14-47-26(43)35-17-8-10-18(11-9-17)39(45)46/h8-11,15-16,21H,6-7,12-14H2,1-5H3,(H,35,43)(H,36,44)(H3,33,34,42)(H,37,38,41)/t16-,21+/m0/s1. The minimum absolute atomic E-state index is 0.00854. The molecule has 2 rings (SSSR count). The number of carbonyl (C=O) groups excluding carboxylic acids is 5. The summed E-state index contributed by atoms with van der Waals surface area (Å²) in [7, 11) is 0. The normalized spacial score (nSPS) is 12.8. The van der Waals surface area contributed by atoms with Crippen LogP contribution in [0.1, 0.15) is 64.5 Å². The van der Waals surface area contributed by atoms with Gasteiger partial charge in [-0.2, -0.15) is 13.2 Å². The molecular formula is C29H38F3N7O9S. The van der Waals surface area contributed by atoms with E-state index < -0.39 is 93.2 Å². The van der Waals surface area contributed by atoms with Crippen molar-refractivity contribution in [3.8, 4) is 0 Å². The molecule has 1 aromatic heterocycles. The summed E-state index contributed by atoms with van der Waals surface area (Å²) in [5, 5.41) is 19.7. The molecule has 1 heterocycles. The van der Waals surface area contributed by atoms with Crippen LogP contribution in [0.3, 0.4) is 0 Å². The van der Waals surface area contributed by atoms with Gasteiger partial charge in [-0.25, -0.2) is 19.4 Å². The number of ether oxygens (including phenoxy) is 2. The fraction of sp³-hybridized carbons (Fsp3) is 0.517. The number of nitrogens with two attached hydrogens (primary N) is 1. The second kappa shape index (κ2) is 17.4. The maximum atomic E-state index is 13.8. The third-order valence-corrected chi connectivity index (χ3v) is 7.33. The number of ketones is 1. The fourth-order valence-electron chi connectivity index (χ4n) is 4.19. The number of alkyl halides is 3. The van der Waals surface area contributed by atoms with E-state index in [1.165, 1.54) is 12.1 Å². The fourth-order valence-corrected chi connectivity index (χ4v) is 5.09. The van der Waals surface area contributed by atoms with E-state index >= 15 is 0 Å². The molecule has 16 nitrogen and oxygen atoms in total. The van der Waals surface area contributed by atoms with E-state index in [1.54, 1.807) is 34.6 Å². The van der Waals surface area contributed by atoms with Gasteiger partial charge in [0.1, 0.15) is 12.2 Å². The van der Waals surface area contributed by atoms with Crippen LogP contribution in [0.4, 0.5) is 44.1 Å². The highest BCUT2D eigenvalue weighted by molar-refractivity contribution is 7.15. The summed E-state index contributed by atoms with van der Waals surface area (Å²) in [6, 6.07) is 2.71. The number of primary amides is 1. The Morgan fingerprint density at radius 1 is 1.04 bits per heavy atom. The van der Waals surface area contributed by atoms with E-state index in [4.69, 9.17) is 15.2 Å². The van der Waals surface area contributed by atoms with Gasteiger partial charge in [0.25, 0.3) is 5.69 Å². The van der Waals surface area contributed by atoms with Crippen molar-refractivity contribution in [3.05, 3.63) is 45.0 Å². The molecule has 1 aromatic carbocycles. The molecule has 2 atom stereocenters. The van der Waals surface area contributed by atoms with Gasteiger partial charge in [-0.1, -0.05) is 25.2 Å². The second-order valence-electron chi connectivity index (χ2n) is 12.0. The molecule has 0 aliphatic rings. The van der Waals surface area contributed by atoms with Crippen molar-refractivity contribution in [2.24, 2.45) is 17.6 Å². The summed E-state index contributed by atoms with van der Waals surface area (Å²) in [5.74, 6) is -2.96. The predicted octanol–water partition coefficient (Wildman–Crippen LogP) is 5.33. The average molecular weight is 718 g/mol. The lowest BCUT2D eigenvalue weighted by molar-refractivity contribution is -0.384. The zero-order chi connectivity index (χ0) is 37.1. The van der Waals surface area contributed by atoms with Crippen LogP contribution in [-0.2, 0) is 31.8 Å². The van der Waals surface area contributed by atoms with Gasteiger partial charge in [0, 0.05) is 36.7 Å². The highest BCUT2D eigenvalue weighted by Crippen LogP contribution is 2.37. The van der Waals surface area contributed by atoms with Gasteiger partial charge in [-0.15, -0.1) is 0 Å². The number of carbonyl (C=O) groups is 5. The summed E-state index contributed by atoms with van der Waals surface area (Å²) in [6.45, 7) is 7.37. The van der Waals surface area contributed by atoms with E-state index in [9.17, 15) is 47.3 Å². The van der Waals surface area contributed by atoms with E-state index in [1.807, 2.05) is 0 Å². The molecule has 270 valence electrons. The van der Waals surface area contributed by atoms with Crippen molar-refractivity contribution in [1.82, 2.24) is 15.6 Å². The maximum absolute atomic E-state index is 13.8. The Morgan fingerprint density at radius 2 is 1.67 bits per heavy atom.